The van der Waals surface area contributed by atoms with Crippen molar-refractivity contribution in [2.24, 2.45) is 4.99 Å². The Morgan fingerprint density at radius 3 is 1.89 bits per heavy atom. The van der Waals surface area contributed by atoms with E-state index in [-0.39, 0.29) is 5.91 Å². The van der Waals surface area contributed by atoms with Crippen LogP contribution in [0.1, 0.15) is 59.2 Å². The zero-order valence-electron chi connectivity index (χ0n) is 16.3. The number of aliphatic imine (C=N–C) groups is 1. The molecular weight excluding hydrogens is 350 g/mol. The Morgan fingerprint density at radius 2 is 1.36 bits per heavy atom. The molecule has 2 fully saturated rings. The number of piperidine rings is 2. The van der Waals surface area contributed by atoms with Crippen LogP contribution >= 0.6 is 0 Å². The first-order chi connectivity index (χ1) is 13.8. The van der Waals surface area contributed by atoms with Crippen LogP contribution in [0.25, 0.3) is 10.8 Å². The summed E-state index contributed by atoms with van der Waals surface area (Å²) in [6.45, 7) is 3.78. The Hall–Kier alpha value is -2.69. The summed E-state index contributed by atoms with van der Waals surface area (Å²) < 4.78 is 0. The van der Waals surface area contributed by atoms with Crippen LogP contribution in [0.15, 0.2) is 41.4 Å². The summed E-state index contributed by atoms with van der Waals surface area (Å²) in [4.78, 5) is 33.9. The Bertz CT molecular complexity index is 874. The Balaban J connectivity index is 1.71. The van der Waals surface area contributed by atoms with Gasteiger partial charge in [0.1, 0.15) is 0 Å². The Labute approximate surface area is 166 Å². The summed E-state index contributed by atoms with van der Waals surface area (Å²) in [6.07, 6.45) is 7.77. The molecule has 2 aliphatic heterocycles. The van der Waals surface area contributed by atoms with Crippen molar-refractivity contribution in [2.75, 3.05) is 26.2 Å². The molecule has 1 amide bonds. The molecule has 0 bridgehead atoms. The van der Waals surface area contributed by atoms with Gasteiger partial charge in [-0.1, -0.05) is 24.3 Å². The van der Waals surface area contributed by atoms with E-state index in [0.717, 1.165) is 74.9 Å². The van der Waals surface area contributed by atoms with E-state index < -0.39 is 0 Å². The van der Waals surface area contributed by atoms with Crippen LogP contribution in [0.5, 0.6) is 0 Å². The van der Waals surface area contributed by atoms with Gasteiger partial charge >= 0.3 is 0 Å². The lowest BCUT2D eigenvalue weighted by Gasteiger charge is -2.38. The zero-order valence-corrected chi connectivity index (χ0v) is 16.3. The lowest BCUT2D eigenvalue weighted by Crippen LogP contribution is -2.48. The minimum Gasteiger partial charge on any atom is -0.342 e. The third-order valence-electron chi connectivity index (χ3n) is 5.75. The van der Waals surface area contributed by atoms with Crippen molar-refractivity contribution in [3.05, 3.63) is 47.5 Å². The Morgan fingerprint density at radius 1 is 0.821 bits per heavy atom. The molecule has 0 saturated carbocycles. The summed E-state index contributed by atoms with van der Waals surface area (Å²) in [5.41, 5.74) is 0.796. The van der Waals surface area contributed by atoms with Gasteiger partial charge in [-0.2, -0.15) is 4.99 Å². The third-order valence-corrected chi connectivity index (χ3v) is 5.75. The number of likely N-dealkylation sites (tertiary alicyclic amines) is 2. The van der Waals surface area contributed by atoms with Crippen molar-refractivity contribution in [1.82, 2.24) is 9.80 Å². The third kappa shape index (κ3) is 3.93. The molecule has 146 valence electrons. The molecule has 0 N–H and O–H groups in total. The number of guanidine groups is 1. The van der Waals surface area contributed by atoms with Crippen LogP contribution in [0.2, 0.25) is 0 Å². The van der Waals surface area contributed by atoms with E-state index in [2.05, 4.69) is 14.8 Å². The highest BCUT2D eigenvalue weighted by Crippen LogP contribution is 2.21. The van der Waals surface area contributed by atoms with Crippen LogP contribution in [0, 0.1) is 0 Å². The van der Waals surface area contributed by atoms with Gasteiger partial charge in [0.2, 0.25) is 5.96 Å². The normalized spacial score (nSPS) is 17.4. The summed E-state index contributed by atoms with van der Waals surface area (Å²) >= 11 is 0. The molecule has 2 heterocycles. The smallest absolute Gasteiger partial charge is 0.280 e. The van der Waals surface area contributed by atoms with Gasteiger partial charge in [0.15, 0.2) is 6.29 Å². The van der Waals surface area contributed by atoms with Gasteiger partial charge in [-0.05, 0) is 61.4 Å². The molecule has 0 aromatic heterocycles. The molecule has 2 aromatic carbocycles. The van der Waals surface area contributed by atoms with Crippen molar-refractivity contribution >= 4 is 28.9 Å². The largest absolute Gasteiger partial charge is 0.342 e. The Kier molecular flexibility index (Phi) is 5.70. The molecule has 28 heavy (non-hydrogen) atoms. The molecule has 0 unspecified atom stereocenters. The molecule has 2 aliphatic rings. The van der Waals surface area contributed by atoms with Crippen molar-refractivity contribution in [3.63, 3.8) is 0 Å². The second-order valence-electron chi connectivity index (χ2n) is 7.72. The van der Waals surface area contributed by atoms with Crippen molar-refractivity contribution in [1.29, 1.82) is 0 Å². The molecule has 0 atom stereocenters. The summed E-state index contributed by atoms with van der Waals surface area (Å²) in [5, 5.41) is 1.90. The standard InChI is InChI=1S/C23H27N3O2/c27-17-20-15-18-9-3-4-10-19(18)16-21(20)22(28)24-23(25-11-5-1-6-12-25)26-13-7-2-8-14-26/h3-4,9-10,15-17H,1-2,5-8,11-14H2. The quantitative estimate of drug-likeness (QED) is 0.449. The predicted octanol–water partition coefficient (Wildman–Crippen LogP) is 4.12. The van der Waals surface area contributed by atoms with Crippen LogP contribution < -0.4 is 0 Å². The van der Waals surface area contributed by atoms with E-state index >= 15 is 0 Å². The van der Waals surface area contributed by atoms with Gasteiger partial charge < -0.3 is 9.80 Å². The number of hydrogen-bond donors (Lipinski definition) is 0. The first-order valence-electron chi connectivity index (χ1n) is 10.4. The molecule has 5 nitrogen and oxygen atoms in total. The molecule has 0 aliphatic carbocycles. The van der Waals surface area contributed by atoms with Crippen LogP contribution in [-0.2, 0) is 0 Å². The molecule has 0 spiro atoms. The van der Waals surface area contributed by atoms with Gasteiger partial charge in [0.05, 0.1) is 5.56 Å². The lowest BCUT2D eigenvalue weighted by atomic mass is 10.0. The minimum absolute atomic E-state index is 0.320. The topological polar surface area (TPSA) is 53.0 Å². The van der Waals surface area contributed by atoms with Crippen LogP contribution in [0.4, 0.5) is 0 Å². The average molecular weight is 377 g/mol. The highest BCUT2D eigenvalue weighted by molar-refractivity contribution is 6.09. The SMILES string of the molecule is O=Cc1cc2ccccc2cc1C(=O)N=C(N1CCCCC1)N1CCCCC1. The van der Waals surface area contributed by atoms with E-state index in [1.54, 1.807) is 12.1 Å². The van der Waals surface area contributed by atoms with E-state index in [1.807, 2.05) is 24.3 Å². The van der Waals surface area contributed by atoms with Crippen LogP contribution in [0.3, 0.4) is 0 Å². The first-order valence-corrected chi connectivity index (χ1v) is 10.4. The average Bonchev–Trinajstić information content (AvgIpc) is 2.77. The second kappa shape index (κ2) is 8.55. The number of aldehydes is 1. The number of hydrogen-bond acceptors (Lipinski definition) is 2. The molecule has 2 saturated heterocycles. The van der Waals surface area contributed by atoms with Crippen LogP contribution in [-0.4, -0.2) is 54.1 Å². The van der Waals surface area contributed by atoms with Gasteiger partial charge in [-0.3, -0.25) is 9.59 Å². The second-order valence-corrected chi connectivity index (χ2v) is 7.72. The monoisotopic (exact) mass is 377 g/mol. The summed E-state index contributed by atoms with van der Waals surface area (Å²) in [5.74, 6) is 0.480. The van der Waals surface area contributed by atoms with E-state index in [9.17, 15) is 9.59 Å². The number of rotatable bonds is 2. The molecule has 0 radical (unpaired) electrons. The number of amides is 1. The zero-order chi connectivity index (χ0) is 19.3. The maximum Gasteiger partial charge on any atom is 0.280 e. The first kappa shape index (κ1) is 18.7. The maximum atomic E-state index is 13.2. The van der Waals surface area contributed by atoms with E-state index in [0.29, 0.717) is 11.1 Å². The maximum absolute atomic E-state index is 13.2. The van der Waals surface area contributed by atoms with Crippen molar-refractivity contribution in [2.45, 2.75) is 38.5 Å². The number of carbonyl (C=O) groups is 2. The van der Waals surface area contributed by atoms with Gasteiger partial charge in [0.25, 0.3) is 5.91 Å². The number of nitrogens with zero attached hydrogens (tertiary/aromatic N) is 3. The lowest BCUT2D eigenvalue weighted by molar-refractivity contribution is 0.0990. The fourth-order valence-electron chi connectivity index (χ4n) is 4.22. The van der Waals surface area contributed by atoms with Crippen molar-refractivity contribution in [3.8, 4) is 0 Å². The fourth-order valence-corrected chi connectivity index (χ4v) is 4.22. The van der Waals surface area contributed by atoms with E-state index in [4.69, 9.17) is 0 Å². The summed E-state index contributed by atoms with van der Waals surface area (Å²) in [6, 6.07) is 11.4. The number of fused-ring (bicyclic) bond motifs is 1. The van der Waals surface area contributed by atoms with E-state index in [1.165, 1.54) is 12.8 Å². The van der Waals surface area contributed by atoms with Gasteiger partial charge in [-0.15, -0.1) is 0 Å². The highest BCUT2D eigenvalue weighted by atomic mass is 16.1. The highest BCUT2D eigenvalue weighted by Gasteiger charge is 2.24. The molecular formula is C23H27N3O2. The molecule has 2 aromatic rings. The van der Waals surface area contributed by atoms with Gasteiger partial charge in [0, 0.05) is 31.7 Å². The molecule has 4 rings (SSSR count). The molecule has 5 heteroatoms. The van der Waals surface area contributed by atoms with Gasteiger partial charge in [-0.25, -0.2) is 0 Å². The predicted molar refractivity (Wildman–Crippen MR) is 112 cm³/mol. The van der Waals surface area contributed by atoms with Crippen molar-refractivity contribution < 1.29 is 9.59 Å². The fraction of sp³-hybridized carbons (Fsp3) is 0.435. The number of carbonyl (C=O) groups excluding carboxylic acids is 2. The number of benzene rings is 2. The summed E-state index contributed by atoms with van der Waals surface area (Å²) in [7, 11) is 0. The minimum atomic E-state index is -0.320.